The molecule has 1 unspecified atom stereocenters. The van der Waals surface area contributed by atoms with Crippen LogP contribution in [0, 0.1) is 6.92 Å². The molecule has 0 spiro atoms. The first kappa shape index (κ1) is 13.5. The third-order valence-corrected chi connectivity index (χ3v) is 3.29. The van der Waals surface area contributed by atoms with Gasteiger partial charge in [0.05, 0.1) is 12.2 Å². The summed E-state index contributed by atoms with van der Waals surface area (Å²) in [5.41, 5.74) is 2.23. The van der Waals surface area contributed by atoms with E-state index < -0.39 is 0 Å². The van der Waals surface area contributed by atoms with E-state index in [0.29, 0.717) is 18.3 Å². The van der Waals surface area contributed by atoms with Gasteiger partial charge in [-0.1, -0.05) is 23.4 Å². The van der Waals surface area contributed by atoms with Crippen molar-refractivity contribution in [1.82, 2.24) is 25.2 Å². The van der Waals surface area contributed by atoms with Crippen molar-refractivity contribution in [1.29, 1.82) is 0 Å². The van der Waals surface area contributed by atoms with Gasteiger partial charge in [-0.3, -0.25) is 0 Å². The largest absolute Gasteiger partial charge is 0.340 e. The highest BCUT2D eigenvalue weighted by molar-refractivity contribution is 5.42. The van der Waals surface area contributed by atoms with Gasteiger partial charge in [-0.15, -0.1) is 0 Å². The predicted octanol–water partition coefficient (Wildman–Crippen LogP) is 2.41. The molecule has 3 aromatic rings. The van der Waals surface area contributed by atoms with Crippen molar-refractivity contribution >= 4 is 0 Å². The summed E-state index contributed by atoms with van der Waals surface area (Å²) in [6.45, 7) is 4.45. The van der Waals surface area contributed by atoms with Crippen molar-refractivity contribution in [3.8, 4) is 5.69 Å². The SMILES string of the molecule is Cc1nc(CNC(C)c2ccccc2-n2cccn2)no1. The number of nitrogens with zero attached hydrogens (tertiary/aromatic N) is 4. The van der Waals surface area contributed by atoms with Gasteiger partial charge in [-0.05, 0) is 24.6 Å². The maximum absolute atomic E-state index is 4.97. The summed E-state index contributed by atoms with van der Waals surface area (Å²) in [5, 5.41) is 11.6. The highest BCUT2D eigenvalue weighted by atomic mass is 16.5. The fraction of sp³-hybridized carbons (Fsp3) is 0.267. The number of hydrogen-bond acceptors (Lipinski definition) is 5. The molecule has 2 aromatic heterocycles. The Balaban J connectivity index is 1.77. The van der Waals surface area contributed by atoms with Gasteiger partial charge in [0.15, 0.2) is 5.82 Å². The van der Waals surface area contributed by atoms with Crippen molar-refractivity contribution in [3.63, 3.8) is 0 Å². The number of nitrogens with one attached hydrogen (secondary N) is 1. The molecule has 0 aliphatic carbocycles. The molecule has 0 amide bonds. The van der Waals surface area contributed by atoms with Crippen molar-refractivity contribution in [2.24, 2.45) is 0 Å². The van der Waals surface area contributed by atoms with Crippen LogP contribution in [-0.2, 0) is 6.54 Å². The number of hydrogen-bond donors (Lipinski definition) is 1. The predicted molar refractivity (Wildman–Crippen MR) is 77.9 cm³/mol. The molecular weight excluding hydrogens is 266 g/mol. The van der Waals surface area contributed by atoms with Gasteiger partial charge in [-0.2, -0.15) is 10.1 Å². The normalized spacial score (nSPS) is 12.5. The lowest BCUT2D eigenvalue weighted by molar-refractivity contribution is 0.384. The summed E-state index contributed by atoms with van der Waals surface area (Å²) in [5.74, 6) is 1.24. The number of para-hydroxylation sites is 1. The molecular formula is C15H17N5O. The van der Waals surface area contributed by atoms with Crippen molar-refractivity contribution in [2.45, 2.75) is 26.4 Å². The van der Waals surface area contributed by atoms with E-state index >= 15 is 0 Å². The van der Waals surface area contributed by atoms with E-state index in [4.69, 9.17) is 4.52 Å². The molecule has 0 aliphatic rings. The fourth-order valence-corrected chi connectivity index (χ4v) is 2.24. The van der Waals surface area contributed by atoms with Gasteiger partial charge in [0.1, 0.15) is 0 Å². The van der Waals surface area contributed by atoms with E-state index in [1.165, 1.54) is 5.56 Å². The molecule has 6 nitrogen and oxygen atoms in total. The van der Waals surface area contributed by atoms with Crippen LogP contribution in [0.4, 0.5) is 0 Å². The quantitative estimate of drug-likeness (QED) is 0.778. The van der Waals surface area contributed by atoms with Crippen LogP contribution in [0.2, 0.25) is 0 Å². The Morgan fingerprint density at radius 1 is 1.29 bits per heavy atom. The zero-order valence-electron chi connectivity index (χ0n) is 12.0. The molecule has 108 valence electrons. The number of aryl methyl sites for hydroxylation is 1. The Hall–Kier alpha value is -2.47. The summed E-state index contributed by atoms with van der Waals surface area (Å²) in [4.78, 5) is 4.19. The molecule has 1 aromatic carbocycles. The van der Waals surface area contributed by atoms with Crippen LogP contribution in [0.15, 0.2) is 47.2 Å². The third-order valence-electron chi connectivity index (χ3n) is 3.29. The Labute approximate surface area is 122 Å². The minimum atomic E-state index is 0.143. The highest BCUT2D eigenvalue weighted by Crippen LogP contribution is 2.21. The lowest BCUT2D eigenvalue weighted by atomic mass is 10.1. The number of benzene rings is 1. The number of rotatable bonds is 5. The molecule has 0 bridgehead atoms. The Morgan fingerprint density at radius 2 is 2.14 bits per heavy atom. The van der Waals surface area contributed by atoms with E-state index in [1.807, 2.05) is 29.1 Å². The standard InChI is InChI=1S/C15H17N5O/c1-11(16-10-15-18-12(2)21-19-15)13-6-3-4-7-14(13)20-9-5-8-17-20/h3-9,11,16H,10H2,1-2H3. The van der Waals surface area contributed by atoms with Gasteiger partial charge in [-0.25, -0.2) is 4.68 Å². The minimum absolute atomic E-state index is 0.143. The summed E-state index contributed by atoms with van der Waals surface area (Å²) in [7, 11) is 0. The summed E-state index contributed by atoms with van der Waals surface area (Å²) >= 11 is 0. The van der Waals surface area contributed by atoms with Crippen molar-refractivity contribution < 1.29 is 4.52 Å². The first-order chi connectivity index (χ1) is 10.2. The second-order valence-corrected chi connectivity index (χ2v) is 4.84. The molecule has 0 aliphatic heterocycles. The maximum Gasteiger partial charge on any atom is 0.223 e. The Kier molecular flexibility index (Phi) is 3.79. The van der Waals surface area contributed by atoms with Gasteiger partial charge in [0.25, 0.3) is 0 Å². The summed E-state index contributed by atoms with van der Waals surface area (Å²) < 4.78 is 6.84. The second-order valence-electron chi connectivity index (χ2n) is 4.84. The monoisotopic (exact) mass is 283 g/mol. The van der Waals surface area contributed by atoms with E-state index in [-0.39, 0.29) is 6.04 Å². The molecule has 3 rings (SSSR count). The molecule has 21 heavy (non-hydrogen) atoms. The van der Waals surface area contributed by atoms with Crippen LogP contribution in [0.1, 0.15) is 30.2 Å². The molecule has 1 atom stereocenters. The topological polar surface area (TPSA) is 68.8 Å². The van der Waals surface area contributed by atoms with Crippen LogP contribution >= 0.6 is 0 Å². The zero-order valence-corrected chi connectivity index (χ0v) is 12.0. The lowest BCUT2D eigenvalue weighted by Gasteiger charge is -2.17. The van der Waals surface area contributed by atoms with Gasteiger partial charge >= 0.3 is 0 Å². The molecule has 2 heterocycles. The summed E-state index contributed by atoms with van der Waals surface area (Å²) in [6.07, 6.45) is 3.71. The van der Waals surface area contributed by atoms with Crippen LogP contribution in [-0.4, -0.2) is 19.9 Å². The highest BCUT2D eigenvalue weighted by Gasteiger charge is 2.12. The van der Waals surface area contributed by atoms with E-state index in [2.05, 4.69) is 39.6 Å². The van der Waals surface area contributed by atoms with Crippen LogP contribution in [0.25, 0.3) is 5.69 Å². The fourth-order valence-electron chi connectivity index (χ4n) is 2.24. The molecule has 0 saturated carbocycles. The van der Waals surface area contributed by atoms with Crippen molar-refractivity contribution in [3.05, 3.63) is 60.0 Å². The second kappa shape index (κ2) is 5.88. The van der Waals surface area contributed by atoms with Crippen LogP contribution in [0.5, 0.6) is 0 Å². The van der Waals surface area contributed by atoms with Gasteiger partial charge in [0, 0.05) is 25.4 Å². The van der Waals surface area contributed by atoms with Crippen LogP contribution < -0.4 is 5.32 Å². The Morgan fingerprint density at radius 3 is 2.86 bits per heavy atom. The van der Waals surface area contributed by atoms with E-state index in [1.54, 1.807) is 13.1 Å². The first-order valence-corrected chi connectivity index (χ1v) is 6.85. The van der Waals surface area contributed by atoms with E-state index in [0.717, 1.165) is 5.69 Å². The van der Waals surface area contributed by atoms with Crippen molar-refractivity contribution in [2.75, 3.05) is 0 Å². The minimum Gasteiger partial charge on any atom is -0.340 e. The third kappa shape index (κ3) is 3.00. The van der Waals surface area contributed by atoms with Gasteiger partial charge < -0.3 is 9.84 Å². The smallest absolute Gasteiger partial charge is 0.223 e. The molecule has 0 fully saturated rings. The summed E-state index contributed by atoms with van der Waals surface area (Å²) in [6, 6.07) is 10.2. The lowest BCUT2D eigenvalue weighted by Crippen LogP contribution is -2.20. The zero-order chi connectivity index (χ0) is 14.7. The molecule has 1 N–H and O–H groups in total. The van der Waals surface area contributed by atoms with Gasteiger partial charge in [0.2, 0.25) is 5.89 Å². The average Bonchev–Trinajstić information content (AvgIpc) is 3.16. The first-order valence-electron chi connectivity index (χ1n) is 6.85. The van der Waals surface area contributed by atoms with E-state index in [9.17, 15) is 0 Å². The average molecular weight is 283 g/mol. The molecule has 0 saturated heterocycles. The maximum atomic E-state index is 4.97. The Bertz CT molecular complexity index is 704. The molecule has 0 radical (unpaired) electrons. The number of aromatic nitrogens is 4. The van der Waals surface area contributed by atoms with Crippen LogP contribution in [0.3, 0.4) is 0 Å². The molecule has 6 heteroatoms.